The smallest absolute Gasteiger partial charge is 0.254 e. The van der Waals surface area contributed by atoms with Gasteiger partial charge in [-0.3, -0.25) is 4.79 Å². The average molecular weight is 266 g/mol. The Kier molecular flexibility index (Phi) is 4.31. The number of carbonyl (C=O) groups is 1. The van der Waals surface area contributed by atoms with E-state index < -0.39 is 11.7 Å². The fourth-order valence-corrected chi connectivity index (χ4v) is 2.39. The highest BCUT2D eigenvalue weighted by Gasteiger charge is 2.22. The van der Waals surface area contributed by atoms with Crippen LogP contribution in [0.4, 0.5) is 10.2 Å². The Morgan fingerprint density at radius 1 is 1.42 bits per heavy atom. The van der Waals surface area contributed by atoms with Gasteiger partial charge in [0.1, 0.15) is 0 Å². The Hall–Kier alpha value is -1.69. The van der Waals surface area contributed by atoms with Crippen molar-refractivity contribution in [3.8, 4) is 0 Å². The SMILES string of the molecule is CC1CCC(NC(=O)c2ccnc(NN)c2F)CC1. The van der Waals surface area contributed by atoms with Crippen LogP contribution in [0, 0.1) is 11.7 Å². The predicted molar refractivity (Wildman–Crippen MR) is 70.9 cm³/mol. The van der Waals surface area contributed by atoms with Crippen molar-refractivity contribution in [2.45, 2.75) is 38.6 Å². The average Bonchev–Trinajstić information content (AvgIpc) is 2.41. The van der Waals surface area contributed by atoms with Gasteiger partial charge in [0.05, 0.1) is 5.56 Å². The third-order valence-corrected chi connectivity index (χ3v) is 3.62. The van der Waals surface area contributed by atoms with Gasteiger partial charge in [-0.1, -0.05) is 6.92 Å². The number of pyridine rings is 1. The molecular weight excluding hydrogens is 247 g/mol. The lowest BCUT2D eigenvalue weighted by Gasteiger charge is -2.27. The van der Waals surface area contributed by atoms with Crippen molar-refractivity contribution in [2.24, 2.45) is 11.8 Å². The van der Waals surface area contributed by atoms with E-state index in [1.54, 1.807) is 0 Å². The van der Waals surface area contributed by atoms with Crippen LogP contribution in [0.3, 0.4) is 0 Å². The molecule has 104 valence electrons. The van der Waals surface area contributed by atoms with Crippen molar-refractivity contribution in [1.29, 1.82) is 0 Å². The van der Waals surface area contributed by atoms with Gasteiger partial charge in [0.25, 0.3) is 5.91 Å². The van der Waals surface area contributed by atoms with Gasteiger partial charge in [-0.15, -0.1) is 0 Å². The van der Waals surface area contributed by atoms with Gasteiger partial charge in [-0.25, -0.2) is 15.2 Å². The summed E-state index contributed by atoms with van der Waals surface area (Å²) in [5.74, 6) is 4.60. The van der Waals surface area contributed by atoms with E-state index >= 15 is 0 Å². The van der Waals surface area contributed by atoms with Crippen LogP contribution in [-0.4, -0.2) is 16.9 Å². The van der Waals surface area contributed by atoms with Crippen molar-refractivity contribution in [2.75, 3.05) is 5.43 Å². The molecule has 5 nitrogen and oxygen atoms in total. The van der Waals surface area contributed by atoms with Crippen LogP contribution in [0.5, 0.6) is 0 Å². The molecule has 0 atom stereocenters. The standard InChI is InChI=1S/C13H19FN4O/c1-8-2-4-9(5-3-8)17-13(19)10-6-7-16-12(18-15)11(10)14/h6-9H,2-5,15H2,1H3,(H,16,18)(H,17,19). The quantitative estimate of drug-likeness (QED) is 0.576. The molecule has 0 unspecified atom stereocenters. The van der Waals surface area contributed by atoms with Crippen molar-refractivity contribution >= 4 is 11.7 Å². The van der Waals surface area contributed by atoms with Gasteiger partial charge in [0.15, 0.2) is 11.6 Å². The Balaban J connectivity index is 2.04. The second kappa shape index (κ2) is 5.97. The lowest BCUT2D eigenvalue weighted by molar-refractivity contribution is 0.0919. The molecule has 0 aromatic carbocycles. The first-order valence-electron chi connectivity index (χ1n) is 6.53. The fraction of sp³-hybridized carbons (Fsp3) is 0.538. The number of nitrogen functional groups attached to an aromatic ring is 1. The van der Waals surface area contributed by atoms with Crippen LogP contribution < -0.4 is 16.6 Å². The molecule has 0 bridgehead atoms. The number of nitrogens with zero attached hydrogens (tertiary/aromatic N) is 1. The summed E-state index contributed by atoms with van der Waals surface area (Å²) in [5, 5.41) is 2.87. The largest absolute Gasteiger partial charge is 0.349 e. The third-order valence-electron chi connectivity index (χ3n) is 3.62. The minimum absolute atomic E-state index is 0.0263. The number of amides is 1. The van der Waals surface area contributed by atoms with E-state index in [4.69, 9.17) is 5.84 Å². The molecule has 1 saturated carbocycles. The van der Waals surface area contributed by atoms with Crippen molar-refractivity contribution in [3.05, 3.63) is 23.6 Å². The van der Waals surface area contributed by atoms with E-state index in [0.29, 0.717) is 5.92 Å². The Bertz CT molecular complexity index is 458. The zero-order chi connectivity index (χ0) is 13.8. The lowest BCUT2D eigenvalue weighted by atomic mass is 9.87. The van der Waals surface area contributed by atoms with E-state index in [9.17, 15) is 9.18 Å². The molecule has 4 N–H and O–H groups in total. The number of aromatic nitrogens is 1. The summed E-state index contributed by atoms with van der Waals surface area (Å²) in [7, 11) is 0. The van der Waals surface area contributed by atoms with E-state index in [0.717, 1.165) is 25.7 Å². The molecule has 0 radical (unpaired) electrons. The first-order chi connectivity index (χ1) is 9.11. The van der Waals surface area contributed by atoms with E-state index in [1.165, 1.54) is 12.3 Å². The molecule has 1 heterocycles. The molecule has 1 aliphatic carbocycles. The van der Waals surface area contributed by atoms with Crippen LogP contribution in [-0.2, 0) is 0 Å². The molecule has 0 aliphatic heterocycles. The van der Waals surface area contributed by atoms with Crippen LogP contribution in [0.2, 0.25) is 0 Å². The minimum atomic E-state index is -0.716. The molecule has 19 heavy (non-hydrogen) atoms. The normalized spacial score (nSPS) is 22.9. The van der Waals surface area contributed by atoms with Gasteiger partial charge in [0, 0.05) is 12.2 Å². The number of hydrazine groups is 1. The zero-order valence-corrected chi connectivity index (χ0v) is 10.9. The molecule has 0 saturated heterocycles. The lowest BCUT2D eigenvalue weighted by Crippen LogP contribution is -2.37. The second-order valence-corrected chi connectivity index (χ2v) is 5.10. The highest BCUT2D eigenvalue weighted by molar-refractivity contribution is 5.95. The Morgan fingerprint density at radius 2 is 2.11 bits per heavy atom. The highest BCUT2D eigenvalue weighted by Crippen LogP contribution is 2.24. The van der Waals surface area contributed by atoms with Crippen LogP contribution >= 0.6 is 0 Å². The predicted octanol–water partition coefficient (Wildman–Crippen LogP) is 1.81. The molecule has 1 aromatic rings. The van der Waals surface area contributed by atoms with Crippen molar-refractivity contribution < 1.29 is 9.18 Å². The van der Waals surface area contributed by atoms with Gasteiger partial charge < -0.3 is 10.7 Å². The van der Waals surface area contributed by atoms with Gasteiger partial charge in [0.2, 0.25) is 0 Å². The topological polar surface area (TPSA) is 80.0 Å². The molecule has 1 aliphatic rings. The maximum Gasteiger partial charge on any atom is 0.254 e. The monoisotopic (exact) mass is 266 g/mol. The molecule has 2 rings (SSSR count). The number of nitrogens with two attached hydrogens (primary N) is 1. The van der Waals surface area contributed by atoms with Gasteiger partial charge in [-0.05, 0) is 37.7 Å². The Morgan fingerprint density at radius 3 is 2.74 bits per heavy atom. The maximum atomic E-state index is 13.9. The highest BCUT2D eigenvalue weighted by atomic mass is 19.1. The van der Waals surface area contributed by atoms with Gasteiger partial charge in [-0.2, -0.15) is 0 Å². The van der Waals surface area contributed by atoms with Crippen LogP contribution in [0.1, 0.15) is 43.0 Å². The molecule has 0 spiro atoms. The summed E-state index contributed by atoms with van der Waals surface area (Å²) in [6, 6.07) is 1.49. The zero-order valence-electron chi connectivity index (χ0n) is 10.9. The Labute approximate surface area is 111 Å². The molecular formula is C13H19FN4O. The molecule has 1 amide bonds. The number of nitrogens with one attached hydrogen (secondary N) is 2. The summed E-state index contributed by atoms with van der Waals surface area (Å²) in [6.45, 7) is 2.21. The van der Waals surface area contributed by atoms with Crippen molar-refractivity contribution in [3.63, 3.8) is 0 Å². The van der Waals surface area contributed by atoms with E-state index in [1.807, 2.05) is 0 Å². The molecule has 1 aromatic heterocycles. The molecule has 1 fully saturated rings. The third kappa shape index (κ3) is 3.20. The van der Waals surface area contributed by atoms with E-state index in [-0.39, 0.29) is 17.4 Å². The summed E-state index contributed by atoms with van der Waals surface area (Å²) in [5.41, 5.74) is 2.11. The van der Waals surface area contributed by atoms with Gasteiger partial charge >= 0.3 is 0 Å². The number of halogens is 1. The number of anilines is 1. The minimum Gasteiger partial charge on any atom is -0.349 e. The summed E-state index contributed by atoms with van der Waals surface area (Å²) >= 11 is 0. The van der Waals surface area contributed by atoms with Crippen LogP contribution in [0.25, 0.3) is 0 Å². The maximum absolute atomic E-state index is 13.9. The first-order valence-corrected chi connectivity index (χ1v) is 6.53. The summed E-state index contributed by atoms with van der Waals surface area (Å²) in [6.07, 6.45) is 5.44. The molecule has 6 heteroatoms. The summed E-state index contributed by atoms with van der Waals surface area (Å²) in [4.78, 5) is 15.7. The first kappa shape index (κ1) is 13.7. The summed E-state index contributed by atoms with van der Waals surface area (Å²) < 4.78 is 13.9. The number of hydrogen-bond donors (Lipinski definition) is 3. The van der Waals surface area contributed by atoms with Crippen LogP contribution in [0.15, 0.2) is 12.3 Å². The number of carbonyl (C=O) groups excluding carboxylic acids is 1. The van der Waals surface area contributed by atoms with Crippen molar-refractivity contribution in [1.82, 2.24) is 10.3 Å². The number of hydrogen-bond acceptors (Lipinski definition) is 4. The fourth-order valence-electron chi connectivity index (χ4n) is 2.39. The number of rotatable bonds is 3. The second-order valence-electron chi connectivity index (χ2n) is 5.10. The van der Waals surface area contributed by atoms with E-state index in [2.05, 4.69) is 22.7 Å².